The number of benzene rings is 2. The number of aromatic nitrogens is 2. The Morgan fingerprint density at radius 1 is 1.11 bits per heavy atom. The number of hydrogen-bond acceptors (Lipinski definition) is 4. The first-order chi connectivity index (χ1) is 13.7. The molecule has 2 aromatic carbocycles. The van der Waals surface area contributed by atoms with Crippen molar-refractivity contribution in [1.29, 1.82) is 0 Å². The van der Waals surface area contributed by atoms with E-state index in [4.69, 9.17) is 0 Å². The fourth-order valence-corrected chi connectivity index (χ4v) is 3.67. The lowest BCUT2D eigenvalue weighted by atomic mass is 10.0. The van der Waals surface area contributed by atoms with E-state index in [-0.39, 0.29) is 11.6 Å². The van der Waals surface area contributed by atoms with E-state index in [1.807, 2.05) is 62.5 Å². The fraction of sp³-hybridized carbons (Fsp3) is 0.130. The summed E-state index contributed by atoms with van der Waals surface area (Å²) in [4.78, 5) is 18.5. The van der Waals surface area contributed by atoms with Crippen molar-refractivity contribution in [2.45, 2.75) is 13.0 Å². The number of nitrogens with one attached hydrogen (secondary N) is 1. The summed E-state index contributed by atoms with van der Waals surface area (Å²) in [6, 6.07) is 17.6. The van der Waals surface area contributed by atoms with Gasteiger partial charge in [-0.05, 0) is 49.5 Å². The van der Waals surface area contributed by atoms with Crippen LogP contribution in [0.25, 0.3) is 16.5 Å². The van der Waals surface area contributed by atoms with Crippen LogP contribution >= 0.6 is 11.3 Å². The van der Waals surface area contributed by atoms with Gasteiger partial charge < -0.3 is 5.32 Å². The van der Waals surface area contributed by atoms with Crippen molar-refractivity contribution in [3.63, 3.8) is 0 Å². The molecule has 4 nitrogen and oxygen atoms in total. The predicted octanol–water partition coefficient (Wildman–Crippen LogP) is 4.13. The van der Waals surface area contributed by atoms with Gasteiger partial charge in [0.05, 0.1) is 22.0 Å². The van der Waals surface area contributed by atoms with Crippen molar-refractivity contribution >= 4 is 22.1 Å². The zero-order valence-corrected chi connectivity index (χ0v) is 16.5. The van der Waals surface area contributed by atoms with Gasteiger partial charge in [-0.3, -0.25) is 14.3 Å². The molecule has 1 N–H and O–H groups in total. The van der Waals surface area contributed by atoms with E-state index < -0.39 is 0 Å². The maximum Gasteiger partial charge on any atom is 0.264 e. The summed E-state index contributed by atoms with van der Waals surface area (Å²) in [5, 5.41) is 4.78. The molecule has 2 aromatic heterocycles. The van der Waals surface area contributed by atoms with Crippen LogP contribution in [0.1, 0.15) is 29.1 Å². The highest BCUT2D eigenvalue weighted by atomic mass is 32.1. The summed E-state index contributed by atoms with van der Waals surface area (Å²) < 4.78 is 1.78. The third-order valence-electron chi connectivity index (χ3n) is 4.72. The molecule has 0 saturated heterocycles. The van der Waals surface area contributed by atoms with Crippen LogP contribution in [-0.4, -0.2) is 16.6 Å². The quantitative estimate of drug-likeness (QED) is 0.540. The minimum Gasteiger partial charge on any atom is -0.312 e. The number of para-hydroxylation sites is 1. The van der Waals surface area contributed by atoms with Gasteiger partial charge in [0.1, 0.15) is 0 Å². The van der Waals surface area contributed by atoms with Gasteiger partial charge in [0.25, 0.3) is 5.56 Å². The van der Waals surface area contributed by atoms with E-state index in [0.29, 0.717) is 5.39 Å². The van der Waals surface area contributed by atoms with Crippen molar-refractivity contribution in [3.05, 3.63) is 92.8 Å². The van der Waals surface area contributed by atoms with Gasteiger partial charge in [-0.25, -0.2) is 0 Å². The van der Waals surface area contributed by atoms with E-state index in [1.54, 1.807) is 16.3 Å². The highest BCUT2D eigenvalue weighted by Gasteiger charge is 2.16. The van der Waals surface area contributed by atoms with Crippen LogP contribution in [0.4, 0.5) is 0 Å². The Hall–Kier alpha value is -3.20. The van der Waals surface area contributed by atoms with Crippen molar-refractivity contribution in [3.8, 4) is 17.5 Å². The molecule has 0 radical (unpaired) electrons. The van der Waals surface area contributed by atoms with Crippen molar-refractivity contribution < 1.29 is 0 Å². The number of thiazole rings is 1. The summed E-state index contributed by atoms with van der Waals surface area (Å²) in [6.07, 6.45) is 1.73. The Labute approximate surface area is 167 Å². The van der Waals surface area contributed by atoms with Crippen LogP contribution < -0.4 is 10.9 Å². The number of rotatable bonds is 3. The summed E-state index contributed by atoms with van der Waals surface area (Å²) in [6.45, 7) is 2.05. The van der Waals surface area contributed by atoms with Gasteiger partial charge in [-0.15, -0.1) is 11.3 Å². The SMILES string of the molecule is CNC(C)c1cc2cccc(C#Cc3cncs3)c2c(=O)n1-c1ccccc1. The largest absolute Gasteiger partial charge is 0.312 e. The van der Waals surface area contributed by atoms with Crippen LogP contribution in [0.15, 0.2) is 71.1 Å². The van der Waals surface area contributed by atoms with Gasteiger partial charge >= 0.3 is 0 Å². The Bertz CT molecular complexity index is 1230. The lowest BCUT2D eigenvalue weighted by Crippen LogP contribution is -2.27. The minimum absolute atomic E-state index is 0.0178. The van der Waals surface area contributed by atoms with E-state index in [2.05, 4.69) is 28.2 Å². The van der Waals surface area contributed by atoms with Gasteiger partial charge in [-0.1, -0.05) is 36.3 Å². The molecule has 0 saturated carbocycles. The smallest absolute Gasteiger partial charge is 0.264 e. The van der Waals surface area contributed by atoms with Crippen LogP contribution in [0, 0.1) is 11.8 Å². The molecule has 1 unspecified atom stereocenters. The third-order valence-corrected chi connectivity index (χ3v) is 5.41. The molecule has 0 aliphatic rings. The van der Waals surface area contributed by atoms with Crippen LogP contribution in [-0.2, 0) is 0 Å². The van der Waals surface area contributed by atoms with Crippen LogP contribution in [0.3, 0.4) is 0 Å². The molecule has 138 valence electrons. The number of pyridine rings is 1. The minimum atomic E-state index is -0.0602. The van der Waals surface area contributed by atoms with Crippen LogP contribution in [0.5, 0.6) is 0 Å². The molecule has 4 aromatic rings. The number of hydrogen-bond donors (Lipinski definition) is 1. The predicted molar refractivity (Wildman–Crippen MR) is 115 cm³/mol. The maximum atomic E-state index is 13.6. The Morgan fingerprint density at radius 2 is 1.93 bits per heavy atom. The third kappa shape index (κ3) is 3.36. The molecular weight excluding hydrogens is 366 g/mol. The summed E-state index contributed by atoms with van der Waals surface area (Å²) >= 11 is 1.48. The lowest BCUT2D eigenvalue weighted by molar-refractivity contribution is 0.612. The zero-order chi connectivity index (χ0) is 19.5. The Balaban J connectivity index is 2.02. The molecule has 5 heteroatoms. The summed E-state index contributed by atoms with van der Waals surface area (Å²) in [5.74, 6) is 6.28. The summed E-state index contributed by atoms with van der Waals surface area (Å²) in [7, 11) is 1.89. The first kappa shape index (κ1) is 18.2. The number of fused-ring (bicyclic) bond motifs is 1. The van der Waals surface area contributed by atoms with Crippen molar-refractivity contribution in [1.82, 2.24) is 14.9 Å². The maximum absolute atomic E-state index is 13.6. The van der Waals surface area contributed by atoms with Gasteiger partial charge in [0.15, 0.2) is 0 Å². The second-order valence-electron chi connectivity index (χ2n) is 6.44. The average Bonchev–Trinajstić information content (AvgIpc) is 3.25. The topological polar surface area (TPSA) is 46.9 Å². The molecule has 28 heavy (non-hydrogen) atoms. The standard InChI is InChI=1S/C23H19N3OS/c1-16(24-2)21-13-18-8-6-7-17(11-12-20-14-25-15-28-20)22(18)23(27)26(21)19-9-4-3-5-10-19/h3-10,13-16,24H,1-2H3. The molecule has 1 atom stereocenters. The first-order valence-electron chi connectivity index (χ1n) is 9.01. The normalized spacial score (nSPS) is 11.8. The van der Waals surface area contributed by atoms with E-state index in [0.717, 1.165) is 27.2 Å². The molecule has 2 heterocycles. The van der Waals surface area contributed by atoms with E-state index in [9.17, 15) is 4.79 Å². The average molecular weight is 385 g/mol. The molecule has 0 aliphatic carbocycles. The second kappa shape index (κ2) is 7.81. The van der Waals surface area contributed by atoms with Crippen molar-refractivity contribution in [2.24, 2.45) is 0 Å². The zero-order valence-electron chi connectivity index (χ0n) is 15.6. The monoisotopic (exact) mass is 385 g/mol. The summed E-state index contributed by atoms with van der Waals surface area (Å²) in [5.41, 5.74) is 4.18. The highest BCUT2D eigenvalue weighted by molar-refractivity contribution is 7.10. The van der Waals surface area contributed by atoms with Crippen LogP contribution in [0.2, 0.25) is 0 Å². The van der Waals surface area contributed by atoms with E-state index >= 15 is 0 Å². The number of nitrogens with zero attached hydrogens (tertiary/aromatic N) is 2. The van der Waals surface area contributed by atoms with E-state index in [1.165, 1.54) is 11.3 Å². The molecule has 0 aliphatic heterocycles. The first-order valence-corrected chi connectivity index (χ1v) is 9.89. The molecule has 0 amide bonds. The second-order valence-corrected chi connectivity index (χ2v) is 7.33. The van der Waals surface area contributed by atoms with Crippen molar-refractivity contribution in [2.75, 3.05) is 7.05 Å². The molecule has 0 bridgehead atoms. The Kier molecular flexibility index (Phi) is 5.07. The van der Waals surface area contributed by atoms with Gasteiger partial charge in [0.2, 0.25) is 0 Å². The molecular formula is C23H19N3OS. The highest BCUT2D eigenvalue weighted by Crippen LogP contribution is 2.23. The van der Waals surface area contributed by atoms with Gasteiger partial charge in [-0.2, -0.15) is 0 Å². The molecule has 0 spiro atoms. The van der Waals surface area contributed by atoms with Gasteiger partial charge in [0, 0.05) is 23.0 Å². The fourth-order valence-electron chi connectivity index (χ4n) is 3.20. The molecule has 0 fully saturated rings. The Morgan fingerprint density at radius 3 is 2.64 bits per heavy atom. The lowest BCUT2D eigenvalue weighted by Gasteiger charge is -2.19. The molecule has 4 rings (SSSR count).